The van der Waals surface area contributed by atoms with Gasteiger partial charge in [-0.2, -0.15) is 0 Å². The van der Waals surface area contributed by atoms with E-state index < -0.39 is 137 Å². The van der Waals surface area contributed by atoms with Crippen molar-refractivity contribution in [1.82, 2.24) is 5.32 Å². The smallest absolute Gasteiger partial charge is 0.470 e. The molecule has 20 nitrogen and oxygen atoms in total. The third kappa shape index (κ3) is 55.5. The molecular weight excluding hydrogens is 1330 g/mol. The van der Waals surface area contributed by atoms with Crippen LogP contribution < -0.4 is 5.32 Å². The van der Waals surface area contributed by atoms with E-state index in [2.05, 4.69) is 46.9 Å². The SMILES string of the molecule is CCCCCCCCCCC[C@H](CC(=O)CC(CO[C@@H]1OC(CO)[C@@H](OP(=O)(O)O)[C@H](OC(=O)C[C@@H](CCCCCCCCCCC)OC(=O)CCCCCCCCC)C1NC(=O)C[C@@H](CCCCCCCCCCC)OC(=O)CCCCCCCCC)C(=O)O)OC(=O)CCCCCCCCC. The summed E-state index contributed by atoms with van der Waals surface area (Å²) in [5, 5.41) is 24.5. The van der Waals surface area contributed by atoms with Crippen molar-refractivity contribution in [3.05, 3.63) is 0 Å². The summed E-state index contributed by atoms with van der Waals surface area (Å²) < 4.78 is 55.0. The van der Waals surface area contributed by atoms with Crippen molar-refractivity contribution in [3.63, 3.8) is 0 Å². The number of phosphoric ester groups is 1. The van der Waals surface area contributed by atoms with Crippen LogP contribution in [0.4, 0.5) is 0 Å². The molecule has 1 fully saturated rings. The van der Waals surface area contributed by atoms with Gasteiger partial charge in [0.2, 0.25) is 5.91 Å². The van der Waals surface area contributed by atoms with Crippen LogP contribution in [0.3, 0.4) is 0 Å². The number of aliphatic hydroxyl groups is 1. The number of carbonyl (C=O) groups excluding carboxylic acids is 6. The van der Waals surface area contributed by atoms with Gasteiger partial charge in [0.1, 0.15) is 42.3 Å². The Kier molecular flexibility index (Phi) is 63.1. The first-order valence-corrected chi connectivity index (χ1v) is 43.8. The molecule has 1 aliphatic rings. The van der Waals surface area contributed by atoms with Gasteiger partial charge in [0.25, 0.3) is 0 Å². The van der Waals surface area contributed by atoms with Crippen LogP contribution in [0.2, 0.25) is 0 Å². The van der Waals surface area contributed by atoms with Gasteiger partial charge in [0.05, 0.1) is 32.0 Å². The van der Waals surface area contributed by atoms with Crippen LogP contribution in [0.25, 0.3) is 0 Å². The van der Waals surface area contributed by atoms with Gasteiger partial charge >= 0.3 is 37.7 Å². The summed E-state index contributed by atoms with van der Waals surface area (Å²) in [7, 11) is -5.55. The van der Waals surface area contributed by atoms with Crippen molar-refractivity contribution < 1.29 is 91.1 Å². The van der Waals surface area contributed by atoms with Crippen molar-refractivity contribution in [1.29, 1.82) is 0 Å². The van der Waals surface area contributed by atoms with Crippen molar-refractivity contribution in [2.24, 2.45) is 5.92 Å². The zero-order chi connectivity index (χ0) is 75.8. The van der Waals surface area contributed by atoms with E-state index in [4.69, 9.17) is 32.9 Å². The van der Waals surface area contributed by atoms with Gasteiger partial charge in [-0.15, -0.1) is 0 Å². The van der Waals surface area contributed by atoms with E-state index in [9.17, 15) is 58.1 Å². The number of carboxylic acid groups (broad SMARTS) is 1. The number of esters is 4. The van der Waals surface area contributed by atoms with Gasteiger partial charge < -0.3 is 53.7 Å². The third-order valence-electron chi connectivity index (χ3n) is 20.0. The molecule has 1 heterocycles. The molecule has 0 aromatic heterocycles. The molecule has 5 N–H and O–H groups in total. The topological polar surface area (TPSA) is 294 Å². The molecule has 1 rings (SSSR count). The van der Waals surface area contributed by atoms with Crippen LogP contribution in [0.5, 0.6) is 0 Å². The number of ether oxygens (including phenoxy) is 6. The first-order chi connectivity index (χ1) is 49.8. The fraction of sp³-hybridized carbons (Fsp3) is 0.915. The lowest BCUT2D eigenvalue weighted by atomic mass is 9.95. The van der Waals surface area contributed by atoms with Gasteiger partial charge in [-0.25, -0.2) is 4.57 Å². The second-order valence-corrected chi connectivity index (χ2v) is 31.1. The average Bonchev–Trinajstić information content (AvgIpc) is 0.781. The van der Waals surface area contributed by atoms with Crippen LogP contribution in [0.15, 0.2) is 0 Å². The molecule has 0 spiro atoms. The summed E-state index contributed by atoms with van der Waals surface area (Å²) in [6, 6.07) is -1.76. The normalized spacial score (nSPS) is 17.3. The molecule has 3 unspecified atom stereocenters. The second kappa shape index (κ2) is 66.7. The molecule has 103 heavy (non-hydrogen) atoms. The van der Waals surface area contributed by atoms with Crippen molar-refractivity contribution in [2.75, 3.05) is 13.2 Å². The molecular formula is C82H152NO19P. The highest BCUT2D eigenvalue weighted by atomic mass is 31.2. The zero-order valence-corrected chi connectivity index (χ0v) is 66.9. The molecule has 0 radical (unpaired) electrons. The number of nitrogens with one attached hydrogen (secondary N) is 1. The van der Waals surface area contributed by atoms with E-state index in [0.29, 0.717) is 57.8 Å². The number of Topliss-reactive ketones (excluding diaryl/α,β-unsaturated/α-hetero) is 1. The molecule has 1 saturated heterocycles. The zero-order valence-electron chi connectivity index (χ0n) is 66.0. The number of rotatable bonds is 74. The summed E-state index contributed by atoms with van der Waals surface area (Å²) in [5.74, 6) is -6.67. The van der Waals surface area contributed by atoms with Crippen molar-refractivity contribution in [3.8, 4) is 0 Å². The lowest BCUT2D eigenvalue weighted by Crippen LogP contribution is -2.66. The second-order valence-electron chi connectivity index (χ2n) is 29.9. The fourth-order valence-corrected chi connectivity index (χ4v) is 14.3. The Labute approximate surface area is 624 Å². The third-order valence-corrected chi connectivity index (χ3v) is 20.5. The number of hydrogen-bond donors (Lipinski definition) is 5. The summed E-state index contributed by atoms with van der Waals surface area (Å²) in [4.78, 5) is 118. The number of hydrogen-bond acceptors (Lipinski definition) is 16. The number of aliphatic hydroxyl groups excluding tert-OH is 1. The van der Waals surface area contributed by atoms with Gasteiger partial charge in [0, 0.05) is 32.1 Å². The fourth-order valence-electron chi connectivity index (χ4n) is 13.7. The van der Waals surface area contributed by atoms with Crippen LogP contribution in [0, 0.1) is 5.92 Å². The van der Waals surface area contributed by atoms with Crippen molar-refractivity contribution in [2.45, 2.75) is 463 Å². The lowest BCUT2D eigenvalue weighted by Gasteiger charge is -2.45. The highest BCUT2D eigenvalue weighted by molar-refractivity contribution is 7.46. The van der Waals surface area contributed by atoms with Gasteiger partial charge in [0.15, 0.2) is 12.4 Å². The Morgan fingerprint density at radius 1 is 0.398 bits per heavy atom. The molecule has 21 heteroatoms. The van der Waals surface area contributed by atoms with E-state index in [1.807, 2.05) is 0 Å². The molecule has 0 saturated carbocycles. The van der Waals surface area contributed by atoms with Crippen LogP contribution in [0.1, 0.15) is 414 Å². The average molecular weight is 1490 g/mol. The summed E-state index contributed by atoms with van der Waals surface area (Å²) in [6.45, 7) is 11.2. The maximum atomic E-state index is 14.8. The Balaban J connectivity index is 3.85. The van der Waals surface area contributed by atoms with Crippen LogP contribution in [-0.4, -0.2) is 124 Å². The Hall–Kier alpha value is -3.52. The first-order valence-electron chi connectivity index (χ1n) is 42.3. The largest absolute Gasteiger partial charge is 0.481 e. The van der Waals surface area contributed by atoms with Gasteiger partial charge in [-0.05, 0) is 57.8 Å². The molecule has 0 aliphatic carbocycles. The molecule has 0 bridgehead atoms. The van der Waals surface area contributed by atoms with Crippen LogP contribution in [-0.2, 0) is 71.1 Å². The number of carbonyl (C=O) groups is 7. The van der Waals surface area contributed by atoms with Gasteiger partial charge in [-0.3, -0.25) is 38.1 Å². The van der Waals surface area contributed by atoms with E-state index >= 15 is 0 Å². The number of phosphoric acid groups is 1. The minimum absolute atomic E-state index is 0.130. The summed E-state index contributed by atoms with van der Waals surface area (Å²) in [6.07, 6.45) is 38.2. The standard InChI is InChI=1S/C82H152NO19P/c1-7-13-19-25-31-34-40-43-49-55-69(97-74(87)58-52-46-37-28-22-16-10-4)62-68(85)61-67(81(91)92)66-96-82-78(83-73(86)63-70(56-50-44-41-35-32-26-20-14-8-2)98-75(88)59-53-47-38-29-23-17-11-5)80(79(72(65-84)100-82)102-103(93,94)95)101-77(90)64-71(57-51-45-42-36-33-27-21-15-9-3)99-76(89)60-54-48-39-30-24-18-12-6/h67,69-72,78-80,82,84H,7-66H2,1-6H3,(H,83,86)(H,91,92)(H2,93,94,95)/t67?,69-,70-,71-,72?,78?,79-,80-,82-/m1/s1. The quantitative estimate of drug-likeness (QED) is 0.0164. The maximum Gasteiger partial charge on any atom is 0.470 e. The molecule has 1 aliphatic heterocycles. The predicted molar refractivity (Wildman–Crippen MR) is 408 cm³/mol. The molecule has 0 aromatic rings. The first kappa shape index (κ1) is 97.5. The molecule has 0 aromatic carbocycles. The minimum atomic E-state index is -5.55. The van der Waals surface area contributed by atoms with E-state index in [1.165, 1.54) is 57.8 Å². The summed E-state index contributed by atoms with van der Waals surface area (Å²) in [5.41, 5.74) is 0. The van der Waals surface area contributed by atoms with Crippen molar-refractivity contribution >= 4 is 49.4 Å². The molecule has 604 valence electrons. The monoisotopic (exact) mass is 1490 g/mol. The van der Waals surface area contributed by atoms with E-state index in [0.717, 1.165) is 212 Å². The number of ketones is 1. The summed E-state index contributed by atoms with van der Waals surface area (Å²) >= 11 is 0. The number of aliphatic carboxylic acids is 1. The Morgan fingerprint density at radius 2 is 0.709 bits per heavy atom. The number of unbranched alkanes of at least 4 members (excludes halogenated alkanes) is 42. The van der Waals surface area contributed by atoms with Gasteiger partial charge in [-0.1, -0.05) is 311 Å². The highest BCUT2D eigenvalue weighted by Gasteiger charge is 2.52. The Bertz CT molecular complexity index is 2160. The molecule has 1 amide bonds. The maximum absolute atomic E-state index is 14.8. The Morgan fingerprint density at radius 3 is 1.03 bits per heavy atom. The highest BCUT2D eigenvalue weighted by Crippen LogP contribution is 2.43. The minimum Gasteiger partial charge on any atom is -0.481 e. The number of carboxylic acids is 1. The lowest BCUT2D eigenvalue weighted by molar-refractivity contribution is -0.273. The van der Waals surface area contributed by atoms with Crippen LogP contribution >= 0.6 is 7.82 Å². The van der Waals surface area contributed by atoms with E-state index in [-0.39, 0.29) is 25.7 Å². The predicted octanol–water partition coefficient (Wildman–Crippen LogP) is 20.3. The van der Waals surface area contributed by atoms with E-state index in [1.54, 1.807) is 0 Å². The molecule has 9 atom stereocenters. The number of amides is 1.